The zero-order chi connectivity index (χ0) is 12.1. The standard InChI is InChI=1S/C11H10ClFN2O/c1-15(7-3-6-14)11(16)8-4-2-5-9(13)10(8)12/h2,4-5H,3,7H2,1H3. The summed E-state index contributed by atoms with van der Waals surface area (Å²) in [4.78, 5) is 13.1. The summed E-state index contributed by atoms with van der Waals surface area (Å²) >= 11 is 5.68. The highest BCUT2D eigenvalue weighted by molar-refractivity contribution is 6.33. The summed E-state index contributed by atoms with van der Waals surface area (Å²) in [7, 11) is 1.54. The molecular weight excluding hydrogens is 231 g/mol. The minimum Gasteiger partial charge on any atom is -0.341 e. The van der Waals surface area contributed by atoms with Crippen molar-refractivity contribution in [3.05, 3.63) is 34.6 Å². The third kappa shape index (κ3) is 2.71. The second-order valence-electron chi connectivity index (χ2n) is 3.24. The van der Waals surface area contributed by atoms with Gasteiger partial charge in [0.2, 0.25) is 0 Å². The summed E-state index contributed by atoms with van der Waals surface area (Å²) in [5.41, 5.74) is 0.113. The topological polar surface area (TPSA) is 44.1 Å². The lowest BCUT2D eigenvalue weighted by Gasteiger charge is -2.16. The maximum atomic E-state index is 13.1. The van der Waals surface area contributed by atoms with Gasteiger partial charge in [0.05, 0.1) is 23.1 Å². The van der Waals surface area contributed by atoms with E-state index in [0.717, 1.165) is 0 Å². The van der Waals surface area contributed by atoms with Gasteiger partial charge >= 0.3 is 0 Å². The van der Waals surface area contributed by atoms with Gasteiger partial charge < -0.3 is 4.90 Å². The van der Waals surface area contributed by atoms with Gasteiger partial charge in [0.1, 0.15) is 5.82 Å². The third-order valence-electron chi connectivity index (χ3n) is 2.09. The SMILES string of the molecule is CN(CCC#N)C(=O)c1cccc(F)c1Cl. The van der Waals surface area contributed by atoms with Crippen molar-refractivity contribution in [1.82, 2.24) is 4.90 Å². The Bertz CT molecular complexity index is 442. The molecular formula is C11H10ClFN2O. The number of hydrogen-bond donors (Lipinski definition) is 0. The van der Waals surface area contributed by atoms with Crippen LogP contribution in [0.4, 0.5) is 4.39 Å². The van der Waals surface area contributed by atoms with Crippen molar-refractivity contribution in [1.29, 1.82) is 5.26 Å². The summed E-state index contributed by atoms with van der Waals surface area (Å²) < 4.78 is 13.1. The van der Waals surface area contributed by atoms with Gasteiger partial charge in [-0.2, -0.15) is 5.26 Å². The van der Waals surface area contributed by atoms with Crippen molar-refractivity contribution in [2.45, 2.75) is 6.42 Å². The zero-order valence-electron chi connectivity index (χ0n) is 8.70. The first-order valence-electron chi connectivity index (χ1n) is 4.64. The minimum absolute atomic E-state index is 0.113. The molecule has 0 aliphatic carbocycles. The average Bonchev–Trinajstić information content (AvgIpc) is 2.28. The number of benzene rings is 1. The fourth-order valence-corrected chi connectivity index (χ4v) is 1.40. The van der Waals surface area contributed by atoms with Gasteiger partial charge in [-0.25, -0.2) is 4.39 Å². The van der Waals surface area contributed by atoms with Gasteiger partial charge in [-0.3, -0.25) is 4.79 Å². The Morgan fingerprint density at radius 2 is 2.31 bits per heavy atom. The lowest BCUT2D eigenvalue weighted by atomic mass is 10.2. The number of rotatable bonds is 3. The number of hydrogen-bond acceptors (Lipinski definition) is 2. The van der Waals surface area contributed by atoms with E-state index >= 15 is 0 Å². The summed E-state index contributed by atoms with van der Waals surface area (Å²) in [5.74, 6) is -1.01. The van der Waals surface area contributed by atoms with Crippen molar-refractivity contribution in [3.63, 3.8) is 0 Å². The van der Waals surface area contributed by atoms with E-state index in [0.29, 0.717) is 6.54 Å². The number of halogens is 2. The monoisotopic (exact) mass is 240 g/mol. The fraction of sp³-hybridized carbons (Fsp3) is 0.273. The van der Waals surface area contributed by atoms with Crippen LogP contribution in [0.5, 0.6) is 0 Å². The highest BCUT2D eigenvalue weighted by atomic mass is 35.5. The number of nitriles is 1. The first-order chi connectivity index (χ1) is 7.57. The molecule has 0 aliphatic heterocycles. The van der Waals surface area contributed by atoms with Crippen LogP contribution in [0.3, 0.4) is 0 Å². The van der Waals surface area contributed by atoms with E-state index in [9.17, 15) is 9.18 Å². The van der Waals surface area contributed by atoms with Gasteiger partial charge in [0, 0.05) is 13.6 Å². The molecule has 16 heavy (non-hydrogen) atoms. The maximum Gasteiger partial charge on any atom is 0.255 e. The molecule has 1 aromatic rings. The Morgan fingerprint density at radius 3 is 2.94 bits per heavy atom. The molecule has 5 heteroatoms. The van der Waals surface area contributed by atoms with Crippen LogP contribution in [0.15, 0.2) is 18.2 Å². The first kappa shape index (κ1) is 12.5. The lowest BCUT2D eigenvalue weighted by Crippen LogP contribution is -2.27. The molecule has 0 spiro atoms. The van der Waals surface area contributed by atoms with Crippen molar-refractivity contribution >= 4 is 17.5 Å². The molecule has 0 aromatic heterocycles. The molecule has 1 amide bonds. The maximum absolute atomic E-state index is 13.1. The van der Waals surface area contributed by atoms with Crippen LogP contribution in [0.25, 0.3) is 0 Å². The lowest BCUT2D eigenvalue weighted by molar-refractivity contribution is 0.0797. The molecule has 1 aromatic carbocycles. The van der Waals surface area contributed by atoms with Crippen LogP contribution in [0, 0.1) is 17.1 Å². The number of nitrogens with zero attached hydrogens (tertiary/aromatic N) is 2. The number of carbonyl (C=O) groups is 1. The molecule has 3 nitrogen and oxygen atoms in total. The second-order valence-corrected chi connectivity index (χ2v) is 3.61. The van der Waals surface area contributed by atoms with E-state index < -0.39 is 5.82 Å². The smallest absolute Gasteiger partial charge is 0.255 e. The molecule has 0 unspecified atom stereocenters. The Kier molecular flexibility index (Phi) is 4.27. The minimum atomic E-state index is -0.624. The molecule has 0 radical (unpaired) electrons. The molecule has 1 rings (SSSR count). The highest BCUT2D eigenvalue weighted by Crippen LogP contribution is 2.20. The van der Waals surface area contributed by atoms with Gasteiger partial charge in [-0.1, -0.05) is 17.7 Å². The fourth-order valence-electron chi connectivity index (χ4n) is 1.19. The van der Waals surface area contributed by atoms with Crippen molar-refractivity contribution in [2.24, 2.45) is 0 Å². The predicted octanol–water partition coefficient (Wildman–Crippen LogP) is 2.46. The Hall–Kier alpha value is -1.60. The number of carbonyl (C=O) groups excluding carboxylic acids is 1. The van der Waals surface area contributed by atoms with E-state index in [1.165, 1.54) is 23.1 Å². The second kappa shape index (κ2) is 5.47. The largest absolute Gasteiger partial charge is 0.341 e. The van der Waals surface area contributed by atoms with Crippen molar-refractivity contribution < 1.29 is 9.18 Å². The summed E-state index contributed by atoms with van der Waals surface area (Å²) in [6.45, 7) is 0.294. The Labute approximate surface area is 98.0 Å². The van der Waals surface area contributed by atoms with E-state index in [4.69, 9.17) is 16.9 Å². The van der Waals surface area contributed by atoms with E-state index in [1.807, 2.05) is 6.07 Å². The Balaban J connectivity index is 2.89. The molecule has 0 heterocycles. The molecule has 0 saturated heterocycles. The first-order valence-corrected chi connectivity index (χ1v) is 5.02. The summed E-state index contributed by atoms with van der Waals surface area (Å²) in [5, 5.41) is 8.21. The summed E-state index contributed by atoms with van der Waals surface area (Å²) in [6.07, 6.45) is 0.231. The molecule has 84 valence electrons. The van der Waals surface area contributed by atoms with Crippen LogP contribution in [-0.2, 0) is 0 Å². The van der Waals surface area contributed by atoms with Gasteiger partial charge in [-0.05, 0) is 12.1 Å². The van der Waals surface area contributed by atoms with Gasteiger partial charge in [0.25, 0.3) is 5.91 Å². The highest BCUT2D eigenvalue weighted by Gasteiger charge is 2.16. The summed E-state index contributed by atoms with van der Waals surface area (Å²) in [6, 6.07) is 6.00. The van der Waals surface area contributed by atoms with Crippen LogP contribution >= 0.6 is 11.6 Å². The van der Waals surface area contributed by atoms with E-state index in [-0.39, 0.29) is 22.9 Å². The van der Waals surface area contributed by atoms with Crippen LogP contribution in [0.1, 0.15) is 16.8 Å². The van der Waals surface area contributed by atoms with Gasteiger partial charge in [-0.15, -0.1) is 0 Å². The quantitative estimate of drug-likeness (QED) is 0.815. The van der Waals surface area contributed by atoms with E-state index in [1.54, 1.807) is 7.05 Å². The van der Waals surface area contributed by atoms with E-state index in [2.05, 4.69) is 0 Å². The van der Waals surface area contributed by atoms with Crippen molar-refractivity contribution in [2.75, 3.05) is 13.6 Å². The zero-order valence-corrected chi connectivity index (χ0v) is 9.46. The molecule has 0 bridgehead atoms. The van der Waals surface area contributed by atoms with Crippen LogP contribution < -0.4 is 0 Å². The van der Waals surface area contributed by atoms with Gasteiger partial charge in [0.15, 0.2) is 0 Å². The molecule has 0 N–H and O–H groups in total. The molecule has 0 saturated carbocycles. The molecule has 0 fully saturated rings. The predicted molar refractivity (Wildman–Crippen MR) is 58.6 cm³/mol. The van der Waals surface area contributed by atoms with Crippen LogP contribution in [0.2, 0.25) is 5.02 Å². The molecule has 0 atom stereocenters. The number of amides is 1. The Morgan fingerprint density at radius 1 is 1.62 bits per heavy atom. The van der Waals surface area contributed by atoms with Crippen molar-refractivity contribution in [3.8, 4) is 6.07 Å². The average molecular weight is 241 g/mol. The normalized spacial score (nSPS) is 9.62. The molecule has 0 aliphatic rings. The van der Waals surface area contributed by atoms with Crippen LogP contribution in [-0.4, -0.2) is 24.4 Å². The third-order valence-corrected chi connectivity index (χ3v) is 2.47.